The van der Waals surface area contributed by atoms with Crippen molar-refractivity contribution in [3.05, 3.63) is 52.0 Å². The number of rotatable bonds is 2. The Morgan fingerprint density at radius 3 is 2.68 bits per heavy atom. The number of thiazole rings is 1. The third-order valence-electron chi connectivity index (χ3n) is 2.77. The number of hydrogen-bond donors (Lipinski definition) is 0. The molecule has 0 spiro atoms. The number of benzene rings is 2. The quantitative estimate of drug-likeness (QED) is 0.525. The van der Waals surface area contributed by atoms with Crippen LogP contribution in [0.4, 0.5) is 0 Å². The number of nitrogens with zero attached hydrogens (tertiary/aromatic N) is 1. The van der Waals surface area contributed by atoms with Crippen molar-refractivity contribution in [2.45, 2.75) is 5.88 Å². The molecular weight excluding hydrogens is 321 g/mol. The average Bonchev–Trinajstić information content (AvgIpc) is 2.83. The van der Waals surface area contributed by atoms with E-state index in [1.54, 1.807) is 23.5 Å². The molecule has 0 N–H and O–H groups in total. The zero-order valence-electron chi connectivity index (χ0n) is 9.66. The van der Waals surface area contributed by atoms with Gasteiger partial charge in [0.2, 0.25) is 0 Å². The number of halogens is 3. The van der Waals surface area contributed by atoms with Crippen LogP contribution >= 0.6 is 46.1 Å². The van der Waals surface area contributed by atoms with Gasteiger partial charge in [-0.15, -0.1) is 22.9 Å². The van der Waals surface area contributed by atoms with E-state index in [4.69, 9.17) is 34.8 Å². The van der Waals surface area contributed by atoms with Crippen molar-refractivity contribution < 1.29 is 0 Å². The standard InChI is InChI=1S/C14H8Cl3NS/c15-7-8-1-4-12-13(5-8)19-14(18-12)10-6-9(16)2-3-11(10)17/h1-6H,7H2. The summed E-state index contributed by atoms with van der Waals surface area (Å²) < 4.78 is 1.10. The lowest BCUT2D eigenvalue weighted by Crippen LogP contribution is -1.78. The zero-order valence-corrected chi connectivity index (χ0v) is 12.7. The van der Waals surface area contributed by atoms with Gasteiger partial charge in [-0.05, 0) is 35.9 Å². The Bertz CT molecular complexity index is 752. The van der Waals surface area contributed by atoms with E-state index < -0.39 is 0 Å². The summed E-state index contributed by atoms with van der Waals surface area (Å²) in [5, 5.41) is 2.18. The molecule has 2 aromatic carbocycles. The largest absolute Gasteiger partial charge is 0.236 e. The minimum Gasteiger partial charge on any atom is -0.236 e. The Labute approximate surface area is 129 Å². The number of aromatic nitrogens is 1. The van der Waals surface area contributed by atoms with Gasteiger partial charge in [0.25, 0.3) is 0 Å². The maximum absolute atomic E-state index is 6.20. The monoisotopic (exact) mass is 327 g/mol. The van der Waals surface area contributed by atoms with E-state index >= 15 is 0 Å². The second-order valence-electron chi connectivity index (χ2n) is 4.08. The molecule has 0 amide bonds. The normalized spacial score (nSPS) is 11.1. The summed E-state index contributed by atoms with van der Waals surface area (Å²) in [5.41, 5.74) is 2.90. The lowest BCUT2D eigenvalue weighted by atomic mass is 10.2. The molecule has 19 heavy (non-hydrogen) atoms. The predicted octanol–water partition coefficient (Wildman–Crippen LogP) is 6.01. The molecule has 0 fully saturated rings. The molecule has 0 radical (unpaired) electrons. The molecule has 96 valence electrons. The van der Waals surface area contributed by atoms with Crippen molar-refractivity contribution >= 4 is 56.4 Å². The van der Waals surface area contributed by atoms with E-state index in [9.17, 15) is 0 Å². The molecule has 0 saturated heterocycles. The summed E-state index contributed by atoms with van der Waals surface area (Å²) >= 11 is 19.7. The van der Waals surface area contributed by atoms with Crippen molar-refractivity contribution in [1.82, 2.24) is 4.98 Å². The van der Waals surface area contributed by atoms with Crippen molar-refractivity contribution in [1.29, 1.82) is 0 Å². The Hall–Kier alpha value is -0.800. The Balaban J connectivity index is 2.17. The fourth-order valence-corrected chi connectivity index (χ4v) is 3.49. The molecule has 1 heterocycles. The van der Waals surface area contributed by atoms with Crippen LogP contribution in [0.1, 0.15) is 5.56 Å². The first kappa shape index (κ1) is 13.2. The molecule has 0 aliphatic carbocycles. The van der Waals surface area contributed by atoms with Gasteiger partial charge in [0.15, 0.2) is 0 Å². The van der Waals surface area contributed by atoms with E-state index in [0.717, 1.165) is 26.4 Å². The molecule has 0 atom stereocenters. The summed E-state index contributed by atoms with van der Waals surface area (Å²) in [6.07, 6.45) is 0. The van der Waals surface area contributed by atoms with Crippen molar-refractivity contribution in [3.8, 4) is 10.6 Å². The van der Waals surface area contributed by atoms with Crippen LogP contribution in [0.2, 0.25) is 10.0 Å². The van der Waals surface area contributed by atoms with Crippen molar-refractivity contribution in [3.63, 3.8) is 0 Å². The van der Waals surface area contributed by atoms with Crippen LogP contribution in [-0.4, -0.2) is 4.98 Å². The fourth-order valence-electron chi connectivity index (χ4n) is 1.83. The van der Waals surface area contributed by atoms with Crippen LogP contribution in [-0.2, 0) is 5.88 Å². The summed E-state index contributed by atoms with van der Waals surface area (Å²) in [5.74, 6) is 0.501. The van der Waals surface area contributed by atoms with E-state index in [1.165, 1.54) is 0 Å². The van der Waals surface area contributed by atoms with E-state index in [2.05, 4.69) is 11.1 Å². The van der Waals surface area contributed by atoms with Crippen LogP contribution in [0, 0.1) is 0 Å². The third-order valence-corrected chi connectivity index (χ3v) is 4.69. The zero-order chi connectivity index (χ0) is 13.4. The number of alkyl halides is 1. The Morgan fingerprint density at radius 1 is 1.05 bits per heavy atom. The Kier molecular flexibility index (Phi) is 3.68. The van der Waals surface area contributed by atoms with Crippen LogP contribution in [0.25, 0.3) is 20.8 Å². The van der Waals surface area contributed by atoms with Crippen molar-refractivity contribution in [2.24, 2.45) is 0 Å². The van der Waals surface area contributed by atoms with Crippen LogP contribution < -0.4 is 0 Å². The van der Waals surface area contributed by atoms with Gasteiger partial charge >= 0.3 is 0 Å². The first-order chi connectivity index (χ1) is 9.17. The summed E-state index contributed by atoms with van der Waals surface area (Å²) in [7, 11) is 0. The molecule has 1 aromatic heterocycles. The summed E-state index contributed by atoms with van der Waals surface area (Å²) in [4.78, 5) is 4.59. The number of fused-ring (bicyclic) bond motifs is 1. The third kappa shape index (κ3) is 2.59. The van der Waals surface area contributed by atoms with Gasteiger partial charge in [0, 0.05) is 16.5 Å². The highest BCUT2D eigenvalue weighted by Gasteiger charge is 2.10. The first-order valence-corrected chi connectivity index (χ1v) is 7.69. The minimum atomic E-state index is 0.501. The Morgan fingerprint density at radius 2 is 1.89 bits per heavy atom. The molecule has 3 rings (SSSR count). The highest BCUT2D eigenvalue weighted by atomic mass is 35.5. The van der Waals surface area contributed by atoms with Gasteiger partial charge in [0.05, 0.1) is 15.2 Å². The second-order valence-corrected chi connectivity index (χ2v) is 6.22. The highest BCUT2D eigenvalue weighted by Crippen LogP contribution is 2.36. The van der Waals surface area contributed by atoms with E-state index in [0.29, 0.717) is 15.9 Å². The summed E-state index contributed by atoms with van der Waals surface area (Å²) in [6.45, 7) is 0. The maximum Gasteiger partial charge on any atom is 0.126 e. The molecule has 0 aliphatic rings. The highest BCUT2D eigenvalue weighted by molar-refractivity contribution is 7.21. The smallest absolute Gasteiger partial charge is 0.126 e. The SMILES string of the molecule is ClCc1ccc2nc(-c3cc(Cl)ccc3Cl)sc2c1. The molecular formula is C14H8Cl3NS. The molecule has 5 heteroatoms. The molecule has 1 nitrogen and oxygen atoms in total. The lowest BCUT2D eigenvalue weighted by molar-refractivity contribution is 1.41. The second kappa shape index (κ2) is 5.29. The van der Waals surface area contributed by atoms with Gasteiger partial charge < -0.3 is 0 Å². The molecule has 0 saturated carbocycles. The van der Waals surface area contributed by atoms with E-state index in [-0.39, 0.29) is 0 Å². The molecule has 0 bridgehead atoms. The fraction of sp³-hybridized carbons (Fsp3) is 0.0714. The van der Waals surface area contributed by atoms with Crippen molar-refractivity contribution in [2.75, 3.05) is 0 Å². The van der Waals surface area contributed by atoms with E-state index in [1.807, 2.05) is 18.2 Å². The minimum absolute atomic E-state index is 0.501. The van der Waals surface area contributed by atoms with Crippen LogP contribution in [0.3, 0.4) is 0 Å². The van der Waals surface area contributed by atoms with Gasteiger partial charge in [-0.25, -0.2) is 4.98 Å². The lowest BCUT2D eigenvalue weighted by Gasteiger charge is -2.00. The molecule has 0 unspecified atom stereocenters. The van der Waals surface area contributed by atoms with Crippen LogP contribution in [0.5, 0.6) is 0 Å². The van der Waals surface area contributed by atoms with Crippen LogP contribution in [0.15, 0.2) is 36.4 Å². The van der Waals surface area contributed by atoms with Gasteiger partial charge in [-0.1, -0.05) is 29.3 Å². The molecule has 3 aromatic rings. The van der Waals surface area contributed by atoms with Gasteiger partial charge in [-0.3, -0.25) is 0 Å². The average molecular weight is 329 g/mol. The van der Waals surface area contributed by atoms with Gasteiger partial charge in [0.1, 0.15) is 5.01 Å². The summed E-state index contributed by atoms with van der Waals surface area (Å²) in [6, 6.07) is 11.4. The predicted molar refractivity (Wildman–Crippen MR) is 84.6 cm³/mol. The van der Waals surface area contributed by atoms with Gasteiger partial charge in [-0.2, -0.15) is 0 Å². The topological polar surface area (TPSA) is 12.9 Å². The maximum atomic E-state index is 6.20. The first-order valence-electron chi connectivity index (χ1n) is 5.58. The molecule has 0 aliphatic heterocycles. The number of hydrogen-bond acceptors (Lipinski definition) is 2.